The molecule has 3 aromatic rings. The summed E-state index contributed by atoms with van der Waals surface area (Å²) in [6.45, 7) is 8.86. The van der Waals surface area contributed by atoms with E-state index in [0.717, 1.165) is 87.3 Å². The normalized spacial score (nSPS) is 22.4. The fourth-order valence-corrected chi connectivity index (χ4v) is 7.14. The van der Waals surface area contributed by atoms with Crippen LogP contribution >= 0.6 is 0 Å². The summed E-state index contributed by atoms with van der Waals surface area (Å²) >= 11 is 0. The summed E-state index contributed by atoms with van der Waals surface area (Å²) < 4.78 is 17.9. The molecule has 4 aliphatic rings. The van der Waals surface area contributed by atoms with Crippen LogP contribution in [0.1, 0.15) is 74.7 Å². The lowest BCUT2D eigenvalue weighted by molar-refractivity contribution is 0.101. The van der Waals surface area contributed by atoms with E-state index in [0.29, 0.717) is 30.2 Å². The van der Waals surface area contributed by atoms with Gasteiger partial charge in [0.2, 0.25) is 0 Å². The van der Waals surface area contributed by atoms with Crippen LogP contribution in [-0.2, 0) is 13.1 Å². The number of aliphatic imine (C=N–C) groups is 1. The van der Waals surface area contributed by atoms with E-state index in [2.05, 4.69) is 54.8 Å². The molecule has 1 N–H and O–H groups in total. The second-order valence-electron chi connectivity index (χ2n) is 13.2. The van der Waals surface area contributed by atoms with Crippen molar-refractivity contribution in [3.8, 4) is 0 Å². The molecule has 1 saturated carbocycles. The lowest BCUT2D eigenvalue weighted by atomic mass is 10.0. The number of aromatic nitrogens is 2. The van der Waals surface area contributed by atoms with Crippen LogP contribution in [0.25, 0.3) is 10.9 Å². The van der Waals surface area contributed by atoms with E-state index in [1.165, 1.54) is 18.1 Å². The lowest BCUT2D eigenvalue weighted by Gasteiger charge is -2.41. The third kappa shape index (κ3) is 6.11. The molecule has 0 radical (unpaired) electrons. The Morgan fingerprint density at radius 3 is 2.59 bits per heavy atom. The molecular formula is C35H44FN7O. The van der Waals surface area contributed by atoms with Crippen molar-refractivity contribution in [3.63, 3.8) is 0 Å². The number of rotatable bonds is 8. The first-order valence-corrected chi connectivity index (χ1v) is 16.5. The van der Waals surface area contributed by atoms with E-state index in [9.17, 15) is 4.79 Å². The number of hydrogen-bond acceptors (Lipinski definition) is 7. The molecule has 2 atom stereocenters. The number of anilines is 1. The summed E-state index contributed by atoms with van der Waals surface area (Å²) in [6, 6.07) is 8.49. The minimum absolute atomic E-state index is 0.0534. The summed E-state index contributed by atoms with van der Waals surface area (Å²) in [4.78, 5) is 30.2. The van der Waals surface area contributed by atoms with E-state index >= 15 is 4.39 Å². The van der Waals surface area contributed by atoms with Crippen molar-refractivity contribution >= 4 is 22.8 Å². The molecule has 232 valence electrons. The maximum Gasteiger partial charge on any atom is 0.193 e. The predicted molar refractivity (Wildman–Crippen MR) is 174 cm³/mol. The van der Waals surface area contributed by atoms with Crippen molar-refractivity contribution in [1.82, 2.24) is 24.7 Å². The molecule has 7 rings (SSSR count). The molecule has 9 heteroatoms. The van der Waals surface area contributed by atoms with Crippen LogP contribution in [0, 0.1) is 12.7 Å². The zero-order valence-electron chi connectivity index (χ0n) is 26.0. The first-order valence-electron chi connectivity index (χ1n) is 16.5. The number of fused-ring (bicyclic) bond motifs is 1. The van der Waals surface area contributed by atoms with Gasteiger partial charge in [-0.2, -0.15) is 0 Å². The Balaban J connectivity index is 1.24. The van der Waals surface area contributed by atoms with Crippen LogP contribution in [0.5, 0.6) is 0 Å². The summed E-state index contributed by atoms with van der Waals surface area (Å²) in [5.41, 5.74) is 4.36. The maximum atomic E-state index is 15.7. The highest BCUT2D eigenvalue weighted by Crippen LogP contribution is 2.38. The van der Waals surface area contributed by atoms with Gasteiger partial charge in [0.1, 0.15) is 11.6 Å². The molecule has 3 fully saturated rings. The second kappa shape index (κ2) is 12.3. The number of nitrogens with one attached hydrogen (secondary N) is 1. The van der Waals surface area contributed by atoms with E-state index < -0.39 is 0 Å². The zero-order valence-corrected chi connectivity index (χ0v) is 26.0. The average molecular weight is 598 g/mol. The summed E-state index contributed by atoms with van der Waals surface area (Å²) in [6.07, 6.45) is 15.6. The minimum atomic E-state index is -0.285. The third-order valence-electron chi connectivity index (χ3n) is 9.67. The highest BCUT2D eigenvalue weighted by molar-refractivity contribution is 5.84. The SMILES string of the molecule is Cc1cc(CN(Cc2cn(C3CC3)c3cc(N4CCCCC4)c(F)cc3c2=O)C2CCCN(C3=CNC(C)C=N3)C2)ccn1. The smallest absolute Gasteiger partial charge is 0.193 e. The van der Waals surface area contributed by atoms with Crippen molar-refractivity contribution in [3.05, 3.63) is 81.5 Å². The number of hydrogen-bond donors (Lipinski definition) is 1. The molecule has 2 saturated heterocycles. The monoisotopic (exact) mass is 597 g/mol. The first-order chi connectivity index (χ1) is 21.4. The Bertz CT molecular complexity index is 1640. The van der Waals surface area contributed by atoms with Crippen molar-refractivity contribution < 1.29 is 4.39 Å². The van der Waals surface area contributed by atoms with E-state index in [1.807, 2.05) is 31.6 Å². The summed E-state index contributed by atoms with van der Waals surface area (Å²) in [7, 11) is 0. The molecule has 1 aliphatic carbocycles. The second-order valence-corrected chi connectivity index (χ2v) is 13.2. The van der Waals surface area contributed by atoms with E-state index in [1.54, 1.807) is 0 Å². The van der Waals surface area contributed by atoms with Crippen molar-refractivity contribution in [2.75, 3.05) is 31.1 Å². The number of halogens is 1. The standard InChI is InChI=1S/C35H44FN7O/c1-24-15-26(10-11-37-24)20-42(29-7-6-14-41(23-29)34-19-38-25(2)18-39-34)21-27-22-43(28-8-9-28)32-17-33(40-12-4-3-5-13-40)31(36)16-30(32)35(27)44/h10-11,15-19,22,25,28-29,38H,3-9,12-14,20-21,23H2,1-2H3. The average Bonchev–Trinajstić information content (AvgIpc) is 3.88. The van der Waals surface area contributed by atoms with Crippen LogP contribution in [0.15, 0.2) is 58.5 Å². The van der Waals surface area contributed by atoms with Crippen LogP contribution in [0.2, 0.25) is 0 Å². The van der Waals surface area contributed by atoms with Gasteiger partial charge in [0.05, 0.1) is 17.2 Å². The molecule has 1 aromatic carbocycles. The van der Waals surface area contributed by atoms with Crippen molar-refractivity contribution in [2.24, 2.45) is 4.99 Å². The van der Waals surface area contributed by atoms with Crippen LogP contribution in [-0.4, -0.2) is 63.8 Å². The van der Waals surface area contributed by atoms with E-state index in [-0.39, 0.29) is 23.3 Å². The van der Waals surface area contributed by atoms with Gasteiger partial charge in [-0.05, 0) is 88.6 Å². The molecule has 2 unspecified atom stereocenters. The largest absolute Gasteiger partial charge is 0.380 e. The highest BCUT2D eigenvalue weighted by Gasteiger charge is 2.30. The van der Waals surface area contributed by atoms with Gasteiger partial charge >= 0.3 is 0 Å². The van der Waals surface area contributed by atoms with Gasteiger partial charge in [0.15, 0.2) is 5.43 Å². The molecule has 2 aromatic heterocycles. The van der Waals surface area contributed by atoms with Crippen molar-refractivity contribution in [2.45, 2.75) is 90.0 Å². The first kappa shape index (κ1) is 29.0. The van der Waals surface area contributed by atoms with Gasteiger partial charge < -0.3 is 19.7 Å². The number of likely N-dealkylation sites (tertiary alicyclic amines) is 1. The maximum absolute atomic E-state index is 15.7. The molecule has 8 nitrogen and oxygen atoms in total. The molecule has 0 bridgehead atoms. The topological polar surface area (TPSA) is 69.0 Å². The number of pyridine rings is 2. The fourth-order valence-electron chi connectivity index (χ4n) is 7.14. The van der Waals surface area contributed by atoms with Crippen LogP contribution in [0.4, 0.5) is 10.1 Å². The van der Waals surface area contributed by atoms with Gasteiger partial charge in [-0.25, -0.2) is 9.38 Å². The Kier molecular flexibility index (Phi) is 8.14. The molecule has 0 amide bonds. The molecule has 3 aliphatic heterocycles. The zero-order chi connectivity index (χ0) is 30.2. The Morgan fingerprint density at radius 2 is 1.84 bits per heavy atom. The predicted octanol–water partition coefficient (Wildman–Crippen LogP) is 5.50. The van der Waals surface area contributed by atoms with Gasteiger partial charge in [-0.3, -0.25) is 14.7 Å². The third-order valence-corrected chi connectivity index (χ3v) is 9.67. The molecule has 0 spiro atoms. The number of nitrogens with zero attached hydrogens (tertiary/aromatic N) is 6. The van der Waals surface area contributed by atoms with Gasteiger partial charge in [-0.1, -0.05) is 0 Å². The minimum Gasteiger partial charge on any atom is -0.380 e. The van der Waals surface area contributed by atoms with Crippen LogP contribution < -0.4 is 15.6 Å². The fraction of sp³-hybridized carbons (Fsp3) is 0.514. The lowest BCUT2D eigenvalue weighted by Crippen LogP contribution is -2.48. The van der Waals surface area contributed by atoms with Gasteiger partial charge in [0.25, 0.3) is 0 Å². The molecule has 5 heterocycles. The molecule has 44 heavy (non-hydrogen) atoms. The van der Waals surface area contributed by atoms with Crippen LogP contribution in [0.3, 0.4) is 0 Å². The quantitative estimate of drug-likeness (QED) is 0.370. The van der Waals surface area contributed by atoms with Crippen molar-refractivity contribution in [1.29, 1.82) is 0 Å². The Morgan fingerprint density at radius 1 is 1.02 bits per heavy atom. The molecular weight excluding hydrogens is 553 g/mol. The highest BCUT2D eigenvalue weighted by atomic mass is 19.1. The van der Waals surface area contributed by atoms with Gasteiger partial charge in [0, 0.05) is 92.8 Å². The van der Waals surface area contributed by atoms with Gasteiger partial charge in [-0.15, -0.1) is 0 Å². The summed E-state index contributed by atoms with van der Waals surface area (Å²) in [5.74, 6) is 0.682. The number of piperidine rings is 2. The Labute approximate surface area is 259 Å². The number of aryl methyl sites for hydroxylation is 1. The van der Waals surface area contributed by atoms with E-state index in [4.69, 9.17) is 4.99 Å². The Hall–Kier alpha value is -3.72. The summed E-state index contributed by atoms with van der Waals surface area (Å²) in [5, 5.41) is 3.88. The number of benzene rings is 1.